The third kappa shape index (κ3) is 12.4. The molecule has 12 unspecified atom stereocenters. The second-order valence-corrected chi connectivity index (χ2v) is 11.8. The number of hydrogen-bond acceptors (Lipinski definition) is 2. The van der Waals surface area contributed by atoms with Crippen molar-refractivity contribution in [2.45, 2.75) is 120 Å². The maximum absolute atomic E-state index is 12.2. The van der Waals surface area contributed by atoms with Gasteiger partial charge in [-0.1, -0.05) is 33.3 Å². The molecule has 0 radical (unpaired) electrons. The molecule has 0 N–H and O–H groups in total. The zero-order chi connectivity index (χ0) is 35.0. The summed E-state index contributed by atoms with van der Waals surface area (Å²) >= 11 is 0. The molecule has 0 spiro atoms. The van der Waals surface area contributed by atoms with Crippen molar-refractivity contribution in [3.63, 3.8) is 0 Å². The van der Waals surface area contributed by atoms with Crippen molar-refractivity contribution in [1.82, 2.24) is 10.0 Å². The molecule has 4 nitrogen and oxygen atoms in total. The quantitative estimate of drug-likeness (QED) is 0.176. The van der Waals surface area contributed by atoms with Crippen LogP contribution in [0.15, 0.2) is 66.4 Å². The van der Waals surface area contributed by atoms with E-state index in [9.17, 15) is 43.9 Å². The largest absolute Gasteiger partial charge is 0.623 e. The number of nitrogens with zero attached hydrogens (tertiary/aromatic N) is 4. The average Bonchev–Trinajstić information content (AvgIpc) is 3.86. The molecule has 2 aliphatic carbocycles. The molecule has 0 bridgehead atoms. The summed E-state index contributed by atoms with van der Waals surface area (Å²) in [5.74, 6) is 0. The van der Waals surface area contributed by atoms with Gasteiger partial charge in [-0.3, -0.25) is 30.4 Å². The molecular weight excluding hydrogens is 805 g/mol. The topological polar surface area (TPSA) is 34.7 Å². The van der Waals surface area contributed by atoms with Crippen LogP contribution in [0.4, 0.5) is 43.9 Å². The fourth-order valence-electron chi connectivity index (χ4n) is 5.44. The van der Waals surface area contributed by atoms with E-state index in [1.54, 1.807) is 0 Å². The Morgan fingerprint density at radius 1 is 0.694 bits per heavy atom. The Balaban J connectivity index is 0.000000356. The fraction of sp³-hybridized carbons (Fsp3) is 0.576. The zero-order valence-corrected chi connectivity index (χ0v) is 29.6. The number of allylic oxidation sites excluding steroid dienone is 1. The van der Waals surface area contributed by atoms with E-state index < -0.39 is 61.7 Å². The molecule has 0 aromatic heterocycles. The Morgan fingerprint density at radius 2 is 1.12 bits per heavy atom. The van der Waals surface area contributed by atoms with E-state index in [1.165, 1.54) is 5.56 Å². The summed E-state index contributed by atoms with van der Waals surface area (Å²) in [6.45, 7) is 8.70. The predicted molar refractivity (Wildman–Crippen MR) is 162 cm³/mol. The van der Waals surface area contributed by atoms with Gasteiger partial charge >= 0.3 is 0 Å². The third-order valence-electron chi connectivity index (χ3n) is 7.85. The van der Waals surface area contributed by atoms with Gasteiger partial charge in [0.15, 0.2) is 12.3 Å². The Labute approximate surface area is 306 Å². The monoisotopic (exact) mass is 844 g/mol. The first kappa shape index (κ1) is 45.6. The Bertz CT molecular complexity index is 1110. The minimum Gasteiger partial charge on any atom is -0.623 e. The smallest absolute Gasteiger partial charge is 0.162 e. The van der Waals surface area contributed by atoms with E-state index >= 15 is 0 Å². The van der Waals surface area contributed by atoms with Crippen molar-refractivity contribution in [2.24, 2.45) is 0 Å². The molecule has 3 fully saturated rings. The van der Waals surface area contributed by atoms with E-state index in [2.05, 4.69) is 68.1 Å². The first-order chi connectivity index (χ1) is 22.1. The molecule has 6 rings (SSSR count). The van der Waals surface area contributed by atoms with Gasteiger partial charge in [-0.15, -0.1) is 11.6 Å². The van der Waals surface area contributed by atoms with Crippen LogP contribution >= 0.6 is 0 Å². The number of rotatable bonds is 3. The van der Waals surface area contributed by atoms with Crippen molar-refractivity contribution in [3.8, 4) is 0 Å². The first-order valence-corrected chi connectivity index (χ1v) is 15.3. The van der Waals surface area contributed by atoms with Crippen LogP contribution in [0.25, 0.3) is 10.9 Å². The van der Waals surface area contributed by atoms with E-state index in [0.717, 1.165) is 12.1 Å². The maximum atomic E-state index is 12.2. The van der Waals surface area contributed by atoms with Gasteiger partial charge in [0.25, 0.3) is 0 Å². The van der Waals surface area contributed by atoms with E-state index in [-0.39, 0.29) is 56.5 Å². The Morgan fingerprint density at radius 3 is 1.43 bits per heavy atom. The Kier molecular flexibility index (Phi) is 19.7. The first-order valence-electron chi connectivity index (χ1n) is 15.3. The van der Waals surface area contributed by atoms with E-state index in [0.29, 0.717) is 18.1 Å². The molecule has 12 atom stereocenters. The predicted octanol–water partition coefficient (Wildman–Crippen LogP) is 9.26. The summed E-state index contributed by atoms with van der Waals surface area (Å²) in [7, 11) is 0. The third-order valence-corrected chi connectivity index (χ3v) is 7.85. The molecule has 2 aliphatic heterocycles. The fourth-order valence-corrected chi connectivity index (χ4v) is 5.44. The average molecular weight is 845 g/mol. The van der Waals surface area contributed by atoms with Gasteiger partial charge in [-0.05, 0) is 13.0 Å². The molecular formula is C33H40F10FeN4Pd-6. The maximum Gasteiger partial charge on any atom is 0.162 e. The van der Waals surface area contributed by atoms with Gasteiger partial charge in [-0.2, -0.15) is 36.0 Å². The summed E-state index contributed by atoms with van der Waals surface area (Å²) in [5.41, 5.74) is 11.9. The number of hydrogen-bond donors (Lipinski definition) is 0. The zero-order valence-electron chi connectivity index (χ0n) is 27.0. The van der Waals surface area contributed by atoms with Crippen LogP contribution in [0.3, 0.4) is 0 Å². The van der Waals surface area contributed by atoms with E-state index in [4.69, 9.17) is 10.9 Å². The molecule has 49 heavy (non-hydrogen) atoms. The van der Waals surface area contributed by atoms with Gasteiger partial charge in [-0.25, -0.2) is 50.6 Å². The molecule has 4 aliphatic rings. The number of alkyl halides is 10. The standard InChI is InChI=1S/C16H23N4.2C6H6F5.C5H5.Fe.Pd/c1-11-9-13(3)19(17-11)16(15-7-5-6-8-15)20-14(4)10-12(2)18-20;2*7-2-1-3(8)5(10)6(11)4(2)9;1-2-4-5-3-1;;/h5-9,12-14,16H,10H2,1-4H3;2*1-6H;1-5H;;/q-3;3*-1;;. The summed E-state index contributed by atoms with van der Waals surface area (Å²) in [5, 5.41) is 4.43. The molecule has 16 heteroatoms. The summed E-state index contributed by atoms with van der Waals surface area (Å²) in [4.78, 5) is 0. The van der Waals surface area contributed by atoms with Crippen LogP contribution in [-0.2, 0) is 37.5 Å². The summed E-state index contributed by atoms with van der Waals surface area (Å²) in [6.07, 6.45) is -21.2. The minimum atomic E-state index is -2.69. The SMILES string of the molecule is CC1=CC(C)N(C([c-]2cccc2)N2[N-]C(C)CC2C)[N-]1.FC1[CH-]C(F)C(F)C(F)C1F.FC1[CH-]C(F)C(F)C(F)C1F.[Fe].[Pd].c1cc[cH-]c1. The molecule has 0 amide bonds. The van der Waals surface area contributed by atoms with Gasteiger partial charge in [0.05, 0.1) is 0 Å². The van der Waals surface area contributed by atoms with Crippen LogP contribution in [0.5, 0.6) is 0 Å². The van der Waals surface area contributed by atoms with Crippen molar-refractivity contribution in [3.05, 3.63) is 95.6 Å². The van der Waals surface area contributed by atoms with Crippen molar-refractivity contribution in [1.29, 1.82) is 0 Å². The summed E-state index contributed by atoms with van der Waals surface area (Å²) in [6, 6.07) is 19.7. The number of halogens is 10. The normalized spacial score (nSPS) is 38.0. The van der Waals surface area contributed by atoms with Gasteiger partial charge in [0.1, 0.15) is 24.7 Å². The molecule has 286 valence electrons. The van der Waals surface area contributed by atoms with Crippen LogP contribution in [0.2, 0.25) is 0 Å². The molecule has 1 saturated heterocycles. The van der Waals surface area contributed by atoms with Crippen LogP contribution in [-0.4, -0.2) is 89.9 Å². The second-order valence-electron chi connectivity index (χ2n) is 11.8. The molecule has 2 heterocycles. The van der Waals surface area contributed by atoms with Crippen LogP contribution < -0.4 is 0 Å². The molecule has 2 saturated carbocycles. The second kappa shape index (κ2) is 21.2. The van der Waals surface area contributed by atoms with Gasteiger partial charge in [0.2, 0.25) is 0 Å². The van der Waals surface area contributed by atoms with Crippen LogP contribution in [0, 0.1) is 12.8 Å². The Hall–Kier alpha value is -1.40. The molecule has 2 aromatic rings. The van der Waals surface area contributed by atoms with Crippen LogP contribution in [0.1, 0.15) is 45.8 Å². The summed E-state index contributed by atoms with van der Waals surface area (Å²) < 4.78 is 122. The molecule has 2 aromatic carbocycles. The van der Waals surface area contributed by atoms with Gasteiger partial charge < -0.3 is 20.9 Å². The van der Waals surface area contributed by atoms with E-state index in [1.807, 2.05) is 30.3 Å². The van der Waals surface area contributed by atoms with Crippen molar-refractivity contribution < 1.29 is 81.4 Å². The van der Waals surface area contributed by atoms with Crippen molar-refractivity contribution >= 4 is 0 Å². The van der Waals surface area contributed by atoms with Crippen molar-refractivity contribution in [2.75, 3.05) is 0 Å². The van der Waals surface area contributed by atoms with Gasteiger partial charge in [0, 0.05) is 74.4 Å². The minimum absolute atomic E-state index is 0.